The molecule has 0 amide bonds. The molecule has 1 fully saturated rings. The first kappa shape index (κ1) is 51.4. The molecule has 1 aliphatic rings. The minimum atomic E-state index is -3.20. The number of rotatable bonds is 16. The number of aliphatic hydroxyl groups is 1. The second kappa shape index (κ2) is 37.0. The largest absolute Gasteiger partial charge is 0.396 e. The van der Waals surface area contributed by atoms with Gasteiger partial charge in [0.25, 0.3) is 0 Å². The van der Waals surface area contributed by atoms with Crippen LogP contribution in [0.2, 0.25) is 0 Å². The number of nitrogens with two attached hydrogens (primary N) is 1. The fourth-order valence-electron chi connectivity index (χ4n) is 2.17. The summed E-state index contributed by atoms with van der Waals surface area (Å²) in [6.45, 7) is 5.60. The Kier molecular flexibility index (Phi) is 48.7. The minimum absolute atomic E-state index is 0. The van der Waals surface area contributed by atoms with Crippen LogP contribution in [0.3, 0.4) is 0 Å². The fraction of sp³-hybridized carbons (Fsp3) is 1.00. The molecule has 0 radical (unpaired) electrons. The average molecular weight is 790 g/mol. The van der Waals surface area contributed by atoms with E-state index in [4.69, 9.17) is 107 Å². The quantitative estimate of drug-likeness (QED) is 0.0773. The van der Waals surface area contributed by atoms with Gasteiger partial charge in [-0.3, -0.25) is 9.13 Å². The molecule has 5 N–H and O–H groups in total. The molecule has 39 heavy (non-hydrogen) atoms. The standard InChI is InChI=1S/C7H15Cl2N2O2P.C4H8Cl4NOP.C4H9Cl2N.C3H9NO.CH4.ClH/c8-2-5-11(6-3-9)14(12)10-4-1-7-13-14;5-1-3-9(4-2-6)11(7,8)10;5-1-3-7-4-2-6;4-2-1-3-5;;/h1-7H2,(H,10,12);1-4H2;7H,1-4H2;5H,1-4H2;1H4;1H. The third kappa shape index (κ3) is 33.5. The molecule has 1 aliphatic heterocycles. The van der Waals surface area contributed by atoms with Gasteiger partial charge in [-0.1, -0.05) is 7.43 Å². The second-order valence-electron chi connectivity index (χ2n) is 6.71. The molecular weight excluding hydrogens is 743 g/mol. The second-order valence-corrected chi connectivity index (χ2v) is 15.9. The number of halogens is 9. The summed E-state index contributed by atoms with van der Waals surface area (Å²) in [6, 6.07) is 0. The lowest BCUT2D eigenvalue weighted by molar-refractivity contribution is 0.233. The molecule has 1 unspecified atom stereocenters. The summed E-state index contributed by atoms with van der Waals surface area (Å²) in [5.41, 5.74) is 4.98. The van der Waals surface area contributed by atoms with Gasteiger partial charge >= 0.3 is 13.7 Å². The zero-order valence-electron chi connectivity index (χ0n) is 21.2. The number of hydrogen-bond donors (Lipinski definition) is 4. The van der Waals surface area contributed by atoms with Crippen molar-refractivity contribution in [3.8, 4) is 0 Å². The van der Waals surface area contributed by atoms with Crippen molar-refractivity contribution in [3.05, 3.63) is 0 Å². The van der Waals surface area contributed by atoms with E-state index in [0.29, 0.717) is 74.6 Å². The Bertz CT molecular complexity index is 551. The van der Waals surface area contributed by atoms with E-state index in [1.54, 1.807) is 4.67 Å². The van der Waals surface area contributed by atoms with E-state index in [0.717, 1.165) is 32.5 Å². The monoisotopic (exact) mass is 785 g/mol. The van der Waals surface area contributed by atoms with Crippen molar-refractivity contribution < 1.29 is 18.8 Å². The zero-order chi connectivity index (χ0) is 29.0. The molecule has 0 bridgehead atoms. The van der Waals surface area contributed by atoms with Crippen molar-refractivity contribution in [1.29, 1.82) is 0 Å². The molecule has 0 aromatic rings. The molecule has 0 aliphatic carbocycles. The highest BCUT2D eigenvalue weighted by atomic mass is 35.9. The normalized spacial score (nSPS) is 16.4. The van der Waals surface area contributed by atoms with Crippen molar-refractivity contribution in [1.82, 2.24) is 19.7 Å². The van der Waals surface area contributed by atoms with Gasteiger partial charge < -0.3 is 20.7 Å². The Morgan fingerprint density at radius 1 is 0.923 bits per heavy atom. The molecule has 1 saturated heterocycles. The van der Waals surface area contributed by atoms with Gasteiger partial charge in [-0.2, -0.15) is 0 Å². The summed E-state index contributed by atoms with van der Waals surface area (Å²) in [6.07, 6.45) is 1.61. The Morgan fingerprint density at radius 3 is 1.64 bits per heavy atom. The highest BCUT2D eigenvalue weighted by molar-refractivity contribution is 8.06. The van der Waals surface area contributed by atoms with Gasteiger partial charge in [0.2, 0.25) is 0 Å². The molecular formula is C19H46Cl9N5O4P2. The smallest absolute Gasteiger partial charge is 0.343 e. The Labute approximate surface area is 281 Å². The number of aliphatic hydroxyl groups excluding tert-OH is 1. The highest BCUT2D eigenvalue weighted by Gasteiger charge is 2.32. The average Bonchev–Trinajstić information content (AvgIpc) is 2.86. The van der Waals surface area contributed by atoms with E-state index >= 15 is 0 Å². The van der Waals surface area contributed by atoms with Crippen LogP contribution in [0.25, 0.3) is 0 Å². The van der Waals surface area contributed by atoms with E-state index < -0.39 is 13.7 Å². The highest BCUT2D eigenvalue weighted by Crippen LogP contribution is 2.59. The van der Waals surface area contributed by atoms with Crippen LogP contribution in [-0.4, -0.2) is 115 Å². The van der Waals surface area contributed by atoms with Crippen LogP contribution in [0, 0.1) is 0 Å². The molecule has 1 atom stereocenters. The predicted molar refractivity (Wildman–Crippen MR) is 181 cm³/mol. The fourth-order valence-corrected chi connectivity index (χ4v) is 7.29. The Balaban J connectivity index is -0.000000139. The molecule has 244 valence electrons. The lowest BCUT2D eigenvalue weighted by atomic mass is 10.5. The molecule has 0 saturated carbocycles. The number of nitrogens with zero attached hydrogens (tertiary/aromatic N) is 2. The first-order chi connectivity index (χ1) is 17.6. The van der Waals surface area contributed by atoms with Crippen LogP contribution in [0.5, 0.6) is 0 Å². The summed E-state index contributed by atoms with van der Waals surface area (Å²) >= 11 is 43.5. The van der Waals surface area contributed by atoms with Crippen LogP contribution >= 0.6 is 118 Å². The maximum Gasteiger partial charge on any atom is 0.343 e. The summed E-state index contributed by atoms with van der Waals surface area (Å²) in [5, 5.41) is 13.9. The maximum atomic E-state index is 12.2. The molecule has 0 spiro atoms. The first-order valence-corrected chi connectivity index (χ1v) is 19.7. The van der Waals surface area contributed by atoms with Crippen molar-refractivity contribution in [2.24, 2.45) is 5.73 Å². The van der Waals surface area contributed by atoms with Gasteiger partial charge in [0, 0.05) is 87.7 Å². The van der Waals surface area contributed by atoms with E-state index in [1.807, 2.05) is 0 Å². The van der Waals surface area contributed by atoms with Crippen molar-refractivity contribution in [2.75, 3.05) is 101 Å². The zero-order valence-corrected chi connectivity index (χ0v) is 29.9. The van der Waals surface area contributed by atoms with Crippen molar-refractivity contribution in [3.63, 3.8) is 0 Å². The summed E-state index contributed by atoms with van der Waals surface area (Å²) in [5.74, 6) is -0.360. The molecule has 0 aromatic heterocycles. The van der Waals surface area contributed by atoms with Gasteiger partial charge in [-0.05, 0) is 41.9 Å². The number of hydrogen-bond acceptors (Lipinski definition) is 6. The molecule has 9 nitrogen and oxygen atoms in total. The van der Waals surface area contributed by atoms with E-state index in [2.05, 4.69) is 10.4 Å². The SMILES string of the molecule is C.Cl.ClCCNCCCl.NCCCO.O=P(Cl)(Cl)N(CCCl)CCCl.O=P1(N(CCCl)CCCl)NCCCO1. The molecule has 1 heterocycles. The van der Waals surface area contributed by atoms with Crippen LogP contribution in [0.15, 0.2) is 0 Å². The van der Waals surface area contributed by atoms with E-state index in [9.17, 15) is 9.13 Å². The van der Waals surface area contributed by atoms with Gasteiger partial charge in [0.15, 0.2) is 0 Å². The van der Waals surface area contributed by atoms with Crippen LogP contribution in [0.4, 0.5) is 0 Å². The topological polar surface area (TPSA) is 120 Å². The molecule has 0 aromatic carbocycles. The lowest BCUT2D eigenvalue weighted by Gasteiger charge is -2.33. The Hall–Kier alpha value is 2.79. The van der Waals surface area contributed by atoms with Crippen LogP contribution < -0.4 is 16.1 Å². The van der Waals surface area contributed by atoms with E-state index in [1.165, 1.54) is 4.67 Å². The van der Waals surface area contributed by atoms with Crippen LogP contribution in [0.1, 0.15) is 20.3 Å². The van der Waals surface area contributed by atoms with Gasteiger partial charge in [-0.15, -0.1) is 82.0 Å². The maximum absolute atomic E-state index is 12.2. The van der Waals surface area contributed by atoms with Crippen LogP contribution in [-0.2, 0) is 13.7 Å². The summed E-state index contributed by atoms with van der Waals surface area (Å²) in [4.78, 5) is 0. The minimum Gasteiger partial charge on any atom is -0.396 e. The van der Waals surface area contributed by atoms with Gasteiger partial charge in [-0.25, -0.2) is 14.4 Å². The van der Waals surface area contributed by atoms with Gasteiger partial charge in [0.05, 0.1) is 6.61 Å². The Morgan fingerprint density at radius 2 is 1.38 bits per heavy atom. The number of alkyl halides is 6. The predicted octanol–water partition coefficient (Wildman–Crippen LogP) is 6.67. The van der Waals surface area contributed by atoms with Crippen molar-refractivity contribution in [2.45, 2.75) is 20.3 Å². The summed E-state index contributed by atoms with van der Waals surface area (Å²) < 4.78 is 31.6. The van der Waals surface area contributed by atoms with E-state index in [-0.39, 0.29) is 26.4 Å². The third-order valence-corrected chi connectivity index (χ3v) is 9.57. The molecule has 20 heteroatoms. The van der Waals surface area contributed by atoms with Crippen molar-refractivity contribution >= 4 is 118 Å². The number of nitrogens with one attached hydrogen (secondary N) is 2. The molecule has 1 rings (SSSR count). The summed E-state index contributed by atoms with van der Waals surface area (Å²) in [7, 11) is -2.84. The first-order valence-electron chi connectivity index (χ1n) is 11.5. The van der Waals surface area contributed by atoms with Gasteiger partial charge in [0.1, 0.15) is 0 Å². The lowest BCUT2D eigenvalue weighted by Crippen LogP contribution is -2.35. The third-order valence-electron chi connectivity index (χ3n) is 3.88.